The summed E-state index contributed by atoms with van der Waals surface area (Å²) in [6.07, 6.45) is 5.00. The quantitative estimate of drug-likeness (QED) is 0.549. The molecule has 1 fully saturated rings. The van der Waals surface area contributed by atoms with Gasteiger partial charge in [-0.1, -0.05) is 13.3 Å². The van der Waals surface area contributed by atoms with Gasteiger partial charge in [-0.15, -0.1) is 0 Å². The Hall–Kier alpha value is -0.710. The molecule has 0 aromatic rings. The minimum absolute atomic E-state index is 0.0752. The molecular formula is C13H23NO3S. The number of unbranched alkanes of at least 4 members (excludes halogenated alkanes) is 1. The van der Waals surface area contributed by atoms with Crippen molar-refractivity contribution >= 4 is 23.6 Å². The molecule has 18 heavy (non-hydrogen) atoms. The summed E-state index contributed by atoms with van der Waals surface area (Å²) in [5.74, 6) is 1.29. The molecule has 0 saturated carbocycles. The Morgan fingerprint density at radius 2 is 2.17 bits per heavy atom. The fraction of sp³-hybridized carbons (Fsp3) is 0.846. The Morgan fingerprint density at radius 3 is 2.83 bits per heavy atom. The van der Waals surface area contributed by atoms with E-state index in [1.807, 2.05) is 0 Å². The van der Waals surface area contributed by atoms with E-state index < -0.39 is 0 Å². The van der Waals surface area contributed by atoms with Crippen LogP contribution >= 0.6 is 11.8 Å². The Kier molecular flexibility index (Phi) is 7.16. The van der Waals surface area contributed by atoms with E-state index in [-0.39, 0.29) is 17.9 Å². The van der Waals surface area contributed by atoms with Gasteiger partial charge in [-0.2, -0.15) is 11.8 Å². The predicted molar refractivity (Wildman–Crippen MR) is 73.6 cm³/mol. The number of hydrogen-bond acceptors (Lipinski definition) is 4. The lowest BCUT2D eigenvalue weighted by Crippen LogP contribution is -2.49. The normalized spacial score (nSPS) is 19.7. The van der Waals surface area contributed by atoms with Gasteiger partial charge < -0.3 is 9.64 Å². The van der Waals surface area contributed by atoms with Crippen molar-refractivity contribution in [1.82, 2.24) is 4.90 Å². The number of nitrogens with zero attached hydrogens (tertiary/aromatic N) is 1. The second-order valence-corrected chi connectivity index (χ2v) is 5.63. The van der Waals surface area contributed by atoms with E-state index in [4.69, 9.17) is 4.74 Å². The Bertz CT molecular complexity index is 283. The van der Waals surface area contributed by atoms with E-state index in [2.05, 4.69) is 6.92 Å². The molecule has 0 N–H and O–H groups in total. The highest BCUT2D eigenvalue weighted by molar-refractivity contribution is 7.99. The first kappa shape index (κ1) is 15.3. The van der Waals surface area contributed by atoms with Gasteiger partial charge in [0.05, 0.1) is 12.9 Å². The molecule has 1 heterocycles. The maximum atomic E-state index is 12.1. The first-order chi connectivity index (χ1) is 8.70. The molecule has 0 radical (unpaired) electrons. The van der Waals surface area contributed by atoms with Crippen LogP contribution in [-0.2, 0) is 14.3 Å². The van der Waals surface area contributed by atoms with Crippen molar-refractivity contribution in [2.24, 2.45) is 0 Å². The molecule has 0 bridgehead atoms. The lowest BCUT2D eigenvalue weighted by atomic mass is 10.0. The number of methoxy groups -OCH3 is 1. The maximum absolute atomic E-state index is 12.1. The molecule has 0 spiro atoms. The summed E-state index contributed by atoms with van der Waals surface area (Å²) in [5, 5.41) is 0. The number of carbonyl (C=O) groups is 2. The number of esters is 1. The third-order valence-corrected chi connectivity index (χ3v) is 4.19. The summed E-state index contributed by atoms with van der Waals surface area (Å²) in [6.45, 7) is 2.83. The molecule has 1 aliphatic rings. The van der Waals surface area contributed by atoms with Crippen molar-refractivity contribution in [3.8, 4) is 0 Å². The number of thioether (sulfide) groups is 1. The minimum atomic E-state index is -0.358. The highest BCUT2D eigenvalue weighted by Crippen LogP contribution is 2.19. The smallest absolute Gasteiger partial charge is 0.328 e. The Balaban J connectivity index is 2.44. The lowest BCUT2D eigenvalue weighted by molar-refractivity contribution is -0.153. The molecule has 1 atom stereocenters. The molecule has 1 saturated heterocycles. The summed E-state index contributed by atoms with van der Waals surface area (Å²) >= 11 is 1.66. The van der Waals surface area contributed by atoms with E-state index in [1.165, 1.54) is 7.11 Å². The first-order valence-electron chi connectivity index (χ1n) is 6.65. The van der Waals surface area contributed by atoms with Crippen molar-refractivity contribution in [3.05, 3.63) is 0 Å². The Labute approximate surface area is 113 Å². The summed E-state index contributed by atoms with van der Waals surface area (Å²) in [5.41, 5.74) is 0. The topological polar surface area (TPSA) is 46.6 Å². The van der Waals surface area contributed by atoms with Crippen LogP contribution in [0.5, 0.6) is 0 Å². The van der Waals surface area contributed by atoms with Crippen LogP contribution in [0.25, 0.3) is 0 Å². The monoisotopic (exact) mass is 273 g/mol. The largest absolute Gasteiger partial charge is 0.467 e. The third kappa shape index (κ3) is 4.52. The SMILES string of the molecule is CCCCSCC(=O)N1CCCC[C@@H]1C(=O)OC. The number of ether oxygens (including phenoxy) is 1. The number of likely N-dealkylation sites (tertiary alicyclic amines) is 1. The van der Waals surface area contributed by atoms with Crippen LogP contribution in [0.4, 0.5) is 0 Å². The second-order valence-electron chi connectivity index (χ2n) is 4.53. The van der Waals surface area contributed by atoms with Crippen LogP contribution in [0, 0.1) is 0 Å². The maximum Gasteiger partial charge on any atom is 0.328 e. The van der Waals surface area contributed by atoms with Gasteiger partial charge in [0.15, 0.2) is 0 Å². The van der Waals surface area contributed by atoms with E-state index in [1.54, 1.807) is 16.7 Å². The van der Waals surface area contributed by atoms with Crippen LogP contribution in [0.15, 0.2) is 0 Å². The van der Waals surface area contributed by atoms with Crippen molar-refractivity contribution in [2.45, 2.75) is 45.1 Å². The Morgan fingerprint density at radius 1 is 1.39 bits per heavy atom. The number of hydrogen-bond donors (Lipinski definition) is 0. The van der Waals surface area contributed by atoms with E-state index in [0.717, 1.165) is 37.9 Å². The summed E-state index contributed by atoms with van der Waals surface area (Å²) in [6, 6.07) is -0.358. The molecule has 104 valence electrons. The molecule has 0 unspecified atom stereocenters. The average Bonchev–Trinajstić information content (AvgIpc) is 2.42. The molecule has 0 aromatic carbocycles. The second kappa shape index (κ2) is 8.40. The lowest BCUT2D eigenvalue weighted by Gasteiger charge is -2.33. The van der Waals surface area contributed by atoms with Gasteiger partial charge in [0, 0.05) is 6.54 Å². The standard InChI is InChI=1S/C13H23NO3S/c1-3-4-9-18-10-12(15)14-8-6-5-7-11(14)13(16)17-2/h11H,3-10H2,1-2H3/t11-/m1/s1. The molecule has 0 aliphatic carbocycles. The highest BCUT2D eigenvalue weighted by atomic mass is 32.2. The first-order valence-corrected chi connectivity index (χ1v) is 7.81. The average molecular weight is 273 g/mol. The van der Waals surface area contributed by atoms with Gasteiger partial charge in [0.2, 0.25) is 5.91 Å². The highest BCUT2D eigenvalue weighted by Gasteiger charge is 2.32. The molecule has 1 amide bonds. The van der Waals surface area contributed by atoms with Gasteiger partial charge in [-0.05, 0) is 31.4 Å². The van der Waals surface area contributed by atoms with Gasteiger partial charge in [0.1, 0.15) is 6.04 Å². The molecule has 4 nitrogen and oxygen atoms in total. The fourth-order valence-corrected chi connectivity index (χ4v) is 3.08. The molecule has 0 aromatic heterocycles. The zero-order chi connectivity index (χ0) is 13.4. The zero-order valence-corrected chi connectivity index (χ0v) is 12.1. The van der Waals surface area contributed by atoms with Crippen molar-refractivity contribution in [2.75, 3.05) is 25.2 Å². The van der Waals surface area contributed by atoms with E-state index >= 15 is 0 Å². The van der Waals surface area contributed by atoms with E-state index in [9.17, 15) is 9.59 Å². The van der Waals surface area contributed by atoms with Gasteiger partial charge in [-0.3, -0.25) is 4.79 Å². The van der Waals surface area contributed by atoms with Crippen LogP contribution in [0.1, 0.15) is 39.0 Å². The number of rotatable bonds is 6. The molecule has 1 rings (SSSR count). The predicted octanol–water partition coefficient (Wildman–Crippen LogP) is 2.07. The van der Waals surface area contributed by atoms with Crippen LogP contribution in [0.2, 0.25) is 0 Å². The molecule has 1 aliphatic heterocycles. The van der Waals surface area contributed by atoms with E-state index in [0.29, 0.717) is 12.3 Å². The molecule has 5 heteroatoms. The van der Waals surface area contributed by atoms with Crippen molar-refractivity contribution in [1.29, 1.82) is 0 Å². The number of amides is 1. The van der Waals surface area contributed by atoms with Crippen LogP contribution < -0.4 is 0 Å². The van der Waals surface area contributed by atoms with Crippen molar-refractivity contribution < 1.29 is 14.3 Å². The van der Waals surface area contributed by atoms with Gasteiger partial charge >= 0.3 is 5.97 Å². The summed E-state index contributed by atoms with van der Waals surface area (Å²) in [4.78, 5) is 25.4. The number of carbonyl (C=O) groups excluding carboxylic acids is 2. The van der Waals surface area contributed by atoms with Crippen LogP contribution in [0.3, 0.4) is 0 Å². The molecular weight excluding hydrogens is 250 g/mol. The zero-order valence-electron chi connectivity index (χ0n) is 11.3. The van der Waals surface area contributed by atoms with Gasteiger partial charge in [-0.25, -0.2) is 4.79 Å². The number of piperidine rings is 1. The summed E-state index contributed by atoms with van der Waals surface area (Å²) < 4.78 is 4.77. The third-order valence-electron chi connectivity index (χ3n) is 3.16. The van der Waals surface area contributed by atoms with Gasteiger partial charge in [0.25, 0.3) is 0 Å². The van der Waals surface area contributed by atoms with Crippen LogP contribution in [-0.4, -0.2) is 48.0 Å². The minimum Gasteiger partial charge on any atom is -0.467 e. The summed E-state index contributed by atoms with van der Waals surface area (Å²) in [7, 11) is 1.38. The van der Waals surface area contributed by atoms with Crippen molar-refractivity contribution in [3.63, 3.8) is 0 Å². The fourth-order valence-electron chi connectivity index (χ4n) is 2.10.